The molecule has 90 valence electrons. The summed E-state index contributed by atoms with van der Waals surface area (Å²) in [7, 11) is 0. The fourth-order valence-corrected chi connectivity index (χ4v) is 2.34. The van der Waals surface area contributed by atoms with Gasteiger partial charge in [0.05, 0.1) is 12.5 Å². The number of rotatable bonds is 2. The van der Waals surface area contributed by atoms with Gasteiger partial charge in [-0.1, -0.05) is 54.6 Å². The van der Waals surface area contributed by atoms with E-state index in [1.807, 2.05) is 30.3 Å². The first kappa shape index (κ1) is 11.0. The molecule has 1 heterocycles. The van der Waals surface area contributed by atoms with Crippen LogP contribution in [0.1, 0.15) is 17.9 Å². The normalized spacial score (nSPS) is 18.7. The summed E-state index contributed by atoms with van der Waals surface area (Å²) in [5.41, 5.74) is 3.42. The van der Waals surface area contributed by atoms with Gasteiger partial charge in [-0.05, 0) is 23.1 Å². The van der Waals surface area contributed by atoms with Crippen LogP contribution in [0.15, 0.2) is 54.6 Å². The summed E-state index contributed by atoms with van der Waals surface area (Å²) in [6, 6.07) is 18.4. The van der Waals surface area contributed by atoms with E-state index in [0.29, 0.717) is 6.61 Å². The first-order valence-corrected chi connectivity index (χ1v) is 6.16. The van der Waals surface area contributed by atoms with Crippen LogP contribution in [0.5, 0.6) is 0 Å². The molecule has 1 aliphatic rings. The number of benzene rings is 2. The lowest BCUT2D eigenvalue weighted by Gasteiger charge is -2.07. The lowest BCUT2D eigenvalue weighted by Crippen LogP contribution is -2.05. The summed E-state index contributed by atoms with van der Waals surface area (Å²) in [5.74, 6) is -0.169. The van der Waals surface area contributed by atoms with Gasteiger partial charge in [0, 0.05) is 0 Å². The van der Waals surface area contributed by atoms with Gasteiger partial charge < -0.3 is 4.74 Å². The maximum atomic E-state index is 11.5. The number of cyclic esters (lactones) is 1. The Bertz CT molecular complexity index is 543. The molecule has 0 aliphatic carbocycles. The van der Waals surface area contributed by atoms with Crippen LogP contribution >= 0.6 is 0 Å². The Kier molecular flexibility index (Phi) is 2.85. The van der Waals surface area contributed by atoms with Crippen molar-refractivity contribution in [3.8, 4) is 11.1 Å². The summed E-state index contributed by atoms with van der Waals surface area (Å²) >= 11 is 0. The zero-order chi connectivity index (χ0) is 12.4. The Morgan fingerprint density at radius 1 is 0.889 bits per heavy atom. The second-order valence-electron chi connectivity index (χ2n) is 4.50. The minimum atomic E-state index is -0.0949. The van der Waals surface area contributed by atoms with Crippen molar-refractivity contribution >= 4 is 5.97 Å². The van der Waals surface area contributed by atoms with Crippen LogP contribution in [0.4, 0.5) is 0 Å². The first-order valence-electron chi connectivity index (χ1n) is 6.16. The molecule has 0 unspecified atom stereocenters. The lowest BCUT2D eigenvalue weighted by atomic mass is 9.95. The van der Waals surface area contributed by atoms with Gasteiger partial charge in [0.1, 0.15) is 0 Å². The summed E-state index contributed by atoms with van der Waals surface area (Å²) in [6.45, 7) is 0.546. The highest BCUT2D eigenvalue weighted by Gasteiger charge is 2.27. The van der Waals surface area contributed by atoms with E-state index in [1.54, 1.807) is 0 Å². The van der Waals surface area contributed by atoms with E-state index in [4.69, 9.17) is 4.74 Å². The monoisotopic (exact) mass is 238 g/mol. The van der Waals surface area contributed by atoms with Gasteiger partial charge in [0.25, 0.3) is 0 Å². The molecule has 18 heavy (non-hydrogen) atoms. The van der Waals surface area contributed by atoms with Crippen molar-refractivity contribution in [2.45, 2.75) is 12.3 Å². The van der Waals surface area contributed by atoms with Crippen LogP contribution in [0, 0.1) is 0 Å². The van der Waals surface area contributed by atoms with Crippen LogP contribution in [0.3, 0.4) is 0 Å². The number of esters is 1. The molecule has 0 bridgehead atoms. The molecular weight excluding hydrogens is 224 g/mol. The Hall–Kier alpha value is -2.09. The van der Waals surface area contributed by atoms with Gasteiger partial charge >= 0.3 is 5.97 Å². The van der Waals surface area contributed by atoms with Gasteiger partial charge in [0.2, 0.25) is 0 Å². The minimum absolute atomic E-state index is 0.0742. The number of hydrogen-bond donors (Lipinski definition) is 0. The predicted octanol–water partition coefficient (Wildman–Crippen LogP) is 3.38. The maximum absolute atomic E-state index is 11.5. The molecule has 1 fully saturated rings. The van der Waals surface area contributed by atoms with E-state index in [2.05, 4.69) is 24.3 Å². The predicted molar refractivity (Wildman–Crippen MR) is 70.2 cm³/mol. The fourth-order valence-electron chi connectivity index (χ4n) is 2.34. The van der Waals surface area contributed by atoms with E-state index >= 15 is 0 Å². The molecule has 2 aromatic carbocycles. The Morgan fingerprint density at radius 2 is 1.56 bits per heavy atom. The largest absolute Gasteiger partial charge is 0.465 e. The Morgan fingerprint density at radius 3 is 2.17 bits per heavy atom. The topological polar surface area (TPSA) is 26.3 Å². The first-order chi connectivity index (χ1) is 8.84. The summed E-state index contributed by atoms with van der Waals surface area (Å²) < 4.78 is 5.00. The van der Waals surface area contributed by atoms with E-state index in [1.165, 1.54) is 11.1 Å². The van der Waals surface area contributed by atoms with Gasteiger partial charge in [-0.3, -0.25) is 4.79 Å². The molecule has 1 aliphatic heterocycles. The van der Waals surface area contributed by atoms with Crippen LogP contribution in [-0.4, -0.2) is 12.6 Å². The molecule has 0 spiro atoms. The Balaban J connectivity index is 1.87. The number of hydrogen-bond acceptors (Lipinski definition) is 2. The van der Waals surface area contributed by atoms with Gasteiger partial charge in [-0.15, -0.1) is 0 Å². The number of carbonyl (C=O) groups is 1. The van der Waals surface area contributed by atoms with Crippen molar-refractivity contribution in [2.75, 3.05) is 6.61 Å². The average Bonchev–Trinajstić information content (AvgIpc) is 2.86. The van der Waals surface area contributed by atoms with E-state index < -0.39 is 0 Å². The third kappa shape index (κ3) is 2.02. The van der Waals surface area contributed by atoms with Gasteiger partial charge in [-0.2, -0.15) is 0 Å². The van der Waals surface area contributed by atoms with E-state index in [9.17, 15) is 4.79 Å². The molecule has 0 aromatic heterocycles. The smallest absolute Gasteiger partial charge is 0.313 e. The molecule has 2 aromatic rings. The minimum Gasteiger partial charge on any atom is -0.465 e. The van der Waals surface area contributed by atoms with Crippen LogP contribution in [0.25, 0.3) is 11.1 Å². The van der Waals surface area contributed by atoms with Crippen molar-refractivity contribution in [3.05, 3.63) is 60.2 Å². The summed E-state index contributed by atoms with van der Waals surface area (Å²) in [6.07, 6.45) is 0.795. The number of ether oxygens (including phenoxy) is 1. The number of carbonyl (C=O) groups excluding carboxylic acids is 1. The molecule has 0 amide bonds. The van der Waals surface area contributed by atoms with Gasteiger partial charge in [0.15, 0.2) is 0 Å². The SMILES string of the molecule is O=C1OCC[C@H]1c1ccc(-c2ccccc2)cc1. The van der Waals surface area contributed by atoms with Crippen molar-refractivity contribution in [3.63, 3.8) is 0 Å². The molecule has 2 nitrogen and oxygen atoms in total. The van der Waals surface area contributed by atoms with Crippen molar-refractivity contribution in [1.29, 1.82) is 0 Å². The maximum Gasteiger partial charge on any atom is 0.313 e. The summed E-state index contributed by atoms with van der Waals surface area (Å²) in [5, 5.41) is 0. The molecule has 1 saturated heterocycles. The second-order valence-corrected chi connectivity index (χ2v) is 4.50. The van der Waals surface area contributed by atoms with Crippen LogP contribution in [0.2, 0.25) is 0 Å². The van der Waals surface area contributed by atoms with Crippen molar-refractivity contribution in [1.82, 2.24) is 0 Å². The molecular formula is C16H14O2. The molecule has 2 heteroatoms. The molecule has 3 rings (SSSR count). The van der Waals surface area contributed by atoms with E-state index in [-0.39, 0.29) is 11.9 Å². The van der Waals surface area contributed by atoms with Crippen LogP contribution < -0.4 is 0 Å². The lowest BCUT2D eigenvalue weighted by molar-refractivity contribution is -0.139. The fraction of sp³-hybridized carbons (Fsp3) is 0.188. The van der Waals surface area contributed by atoms with E-state index in [0.717, 1.165) is 12.0 Å². The standard InChI is InChI=1S/C16H14O2/c17-16-15(10-11-18-16)14-8-6-13(7-9-14)12-4-2-1-3-5-12/h1-9,15H,10-11H2/t15-/m0/s1. The molecule has 0 N–H and O–H groups in total. The highest BCUT2D eigenvalue weighted by atomic mass is 16.5. The van der Waals surface area contributed by atoms with Crippen molar-refractivity contribution < 1.29 is 9.53 Å². The molecule has 1 atom stereocenters. The zero-order valence-corrected chi connectivity index (χ0v) is 10.0. The second kappa shape index (κ2) is 4.65. The molecule has 0 saturated carbocycles. The highest BCUT2D eigenvalue weighted by molar-refractivity contribution is 5.80. The third-order valence-electron chi connectivity index (χ3n) is 3.36. The van der Waals surface area contributed by atoms with Crippen LogP contribution in [-0.2, 0) is 9.53 Å². The summed E-state index contributed by atoms with van der Waals surface area (Å²) in [4.78, 5) is 11.5. The zero-order valence-electron chi connectivity index (χ0n) is 10.0. The molecule has 0 radical (unpaired) electrons. The average molecular weight is 238 g/mol. The third-order valence-corrected chi connectivity index (χ3v) is 3.36. The van der Waals surface area contributed by atoms with Gasteiger partial charge in [-0.25, -0.2) is 0 Å². The van der Waals surface area contributed by atoms with Crippen molar-refractivity contribution in [2.24, 2.45) is 0 Å². The quantitative estimate of drug-likeness (QED) is 0.750. The Labute approximate surface area is 106 Å². The highest BCUT2D eigenvalue weighted by Crippen LogP contribution is 2.28.